The number of nitrogens with one attached hydrogen (secondary N) is 1. The highest BCUT2D eigenvalue weighted by atomic mass is 19.1. The summed E-state index contributed by atoms with van der Waals surface area (Å²) in [5, 5.41) is 3.13. The van der Waals surface area contributed by atoms with Gasteiger partial charge in [0.05, 0.1) is 17.6 Å². The first-order valence-electron chi connectivity index (χ1n) is 12.4. The molecule has 5 rings (SSSR count). The van der Waals surface area contributed by atoms with Gasteiger partial charge < -0.3 is 14.8 Å². The lowest BCUT2D eigenvalue weighted by Crippen LogP contribution is -2.41. The normalized spacial score (nSPS) is 14.4. The summed E-state index contributed by atoms with van der Waals surface area (Å²) in [6, 6.07) is 25.2. The Morgan fingerprint density at radius 1 is 0.943 bits per heavy atom. The van der Waals surface area contributed by atoms with E-state index in [2.05, 4.69) is 26.9 Å². The summed E-state index contributed by atoms with van der Waals surface area (Å²) in [6.07, 6.45) is 3.48. The minimum atomic E-state index is -0.209. The lowest BCUT2D eigenvalue weighted by molar-refractivity contribution is -0.125. The molecule has 1 saturated heterocycles. The Morgan fingerprint density at radius 2 is 1.66 bits per heavy atom. The molecular weight excluding hydrogens is 439 g/mol. The van der Waals surface area contributed by atoms with Crippen LogP contribution in [-0.2, 0) is 17.8 Å². The van der Waals surface area contributed by atoms with Crippen LogP contribution in [0.15, 0.2) is 78.9 Å². The van der Waals surface area contributed by atoms with Crippen LogP contribution in [0.1, 0.15) is 30.4 Å². The molecule has 1 aliphatic rings. The maximum Gasteiger partial charge on any atom is 0.223 e. The van der Waals surface area contributed by atoms with Crippen LogP contribution in [0.4, 0.5) is 10.3 Å². The molecule has 180 valence electrons. The number of aryl methyl sites for hydroxylation is 1. The summed E-state index contributed by atoms with van der Waals surface area (Å²) < 4.78 is 16.5. The van der Waals surface area contributed by atoms with Crippen molar-refractivity contribution in [3.8, 4) is 0 Å². The van der Waals surface area contributed by atoms with Crippen LogP contribution in [0.2, 0.25) is 0 Å². The molecule has 0 atom stereocenters. The second-order valence-corrected chi connectivity index (χ2v) is 9.22. The van der Waals surface area contributed by atoms with Gasteiger partial charge in [0.15, 0.2) is 0 Å². The molecule has 1 aromatic heterocycles. The zero-order valence-corrected chi connectivity index (χ0v) is 19.9. The summed E-state index contributed by atoms with van der Waals surface area (Å²) >= 11 is 0. The van der Waals surface area contributed by atoms with Crippen LogP contribution in [0, 0.1) is 11.7 Å². The van der Waals surface area contributed by atoms with E-state index >= 15 is 0 Å². The minimum Gasteiger partial charge on any atom is -0.356 e. The van der Waals surface area contributed by atoms with E-state index < -0.39 is 0 Å². The monoisotopic (exact) mass is 470 g/mol. The zero-order valence-electron chi connectivity index (χ0n) is 19.9. The number of carbonyl (C=O) groups excluding carboxylic acids is 1. The number of nitrogens with zero attached hydrogens (tertiary/aromatic N) is 3. The number of para-hydroxylation sites is 2. The molecule has 0 spiro atoms. The molecule has 0 saturated carbocycles. The topological polar surface area (TPSA) is 50.2 Å². The maximum absolute atomic E-state index is 14.4. The van der Waals surface area contributed by atoms with Gasteiger partial charge in [-0.05, 0) is 49.4 Å². The van der Waals surface area contributed by atoms with Gasteiger partial charge in [-0.15, -0.1) is 0 Å². The maximum atomic E-state index is 14.4. The molecule has 3 aromatic carbocycles. The SMILES string of the molecule is O=C(NCCCc1ccccc1)C1CCN(c2nc3ccccc3n2Cc2ccccc2F)CC1. The highest BCUT2D eigenvalue weighted by Crippen LogP contribution is 2.28. The Balaban J connectivity index is 1.21. The van der Waals surface area contributed by atoms with E-state index in [1.165, 1.54) is 11.6 Å². The number of rotatable bonds is 8. The first-order chi connectivity index (χ1) is 17.2. The van der Waals surface area contributed by atoms with Crippen molar-refractivity contribution in [3.63, 3.8) is 0 Å². The van der Waals surface area contributed by atoms with Crippen molar-refractivity contribution in [1.82, 2.24) is 14.9 Å². The molecule has 0 bridgehead atoms. The summed E-state index contributed by atoms with van der Waals surface area (Å²) in [7, 11) is 0. The van der Waals surface area contributed by atoms with Gasteiger partial charge in [-0.1, -0.05) is 60.7 Å². The first-order valence-corrected chi connectivity index (χ1v) is 12.4. The number of imidazole rings is 1. The largest absolute Gasteiger partial charge is 0.356 e. The molecule has 0 aliphatic carbocycles. The summed E-state index contributed by atoms with van der Waals surface area (Å²) in [5.74, 6) is 0.806. The molecular formula is C29H31FN4O. The van der Waals surface area contributed by atoms with Gasteiger partial charge in [-0.2, -0.15) is 0 Å². The summed E-state index contributed by atoms with van der Waals surface area (Å²) in [4.78, 5) is 19.9. The quantitative estimate of drug-likeness (QED) is 0.361. The van der Waals surface area contributed by atoms with Gasteiger partial charge in [0, 0.05) is 31.1 Å². The number of anilines is 1. The van der Waals surface area contributed by atoms with Crippen molar-refractivity contribution in [3.05, 3.63) is 95.8 Å². The minimum absolute atomic E-state index is 0.0207. The highest BCUT2D eigenvalue weighted by Gasteiger charge is 2.27. The fourth-order valence-electron chi connectivity index (χ4n) is 4.89. The Bertz CT molecular complexity index is 1280. The van der Waals surface area contributed by atoms with E-state index in [4.69, 9.17) is 4.98 Å². The molecule has 35 heavy (non-hydrogen) atoms. The average Bonchev–Trinajstić information content (AvgIpc) is 3.27. The fourth-order valence-corrected chi connectivity index (χ4v) is 4.89. The van der Waals surface area contributed by atoms with Crippen LogP contribution in [-0.4, -0.2) is 35.1 Å². The Labute approximate surface area is 205 Å². The number of hydrogen-bond donors (Lipinski definition) is 1. The predicted molar refractivity (Wildman–Crippen MR) is 138 cm³/mol. The second-order valence-electron chi connectivity index (χ2n) is 9.22. The van der Waals surface area contributed by atoms with E-state index in [1.54, 1.807) is 6.07 Å². The van der Waals surface area contributed by atoms with Gasteiger partial charge in [-0.25, -0.2) is 9.37 Å². The average molecular weight is 471 g/mol. The number of aromatic nitrogens is 2. The molecule has 1 N–H and O–H groups in total. The van der Waals surface area contributed by atoms with E-state index in [0.717, 1.165) is 55.8 Å². The predicted octanol–water partition coefficient (Wildman–Crippen LogP) is 5.19. The molecule has 1 aliphatic heterocycles. The molecule has 6 heteroatoms. The van der Waals surface area contributed by atoms with Crippen molar-refractivity contribution < 1.29 is 9.18 Å². The molecule has 0 radical (unpaired) electrons. The molecule has 4 aromatic rings. The van der Waals surface area contributed by atoms with Gasteiger partial charge in [0.1, 0.15) is 5.82 Å². The summed E-state index contributed by atoms with van der Waals surface area (Å²) in [6.45, 7) is 2.63. The molecule has 1 amide bonds. The number of benzene rings is 3. The third-order valence-electron chi connectivity index (χ3n) is 6.85. The molecule has 1 fully saturated rings. The van der Waals surface area contributed by atoms with Crippen LogP contribution in [0.25, 0.3) is 11.0 Å². The van der Waals surface area contributed by atoms with E-state index in [1.807, 2.05) is 54.6 Å². The van der Waals surface area contributed by atoms with Crippen LogP contribution < -0.4 is 10.2 Å². The van der Waals surface area contributed by atoms with E-state index in [9.17, 15) is 9.18 Å². The van der Waals surface area contributed by atoms with Crippen molar-refractivity contribution in [1.29, 1.82) is 0 Å². The van der Waals surface area contributed by atoms with Crippen LogP contribution in [0.3, 0.4) is 0 Å². The van der Waals surface area contributed by atoms with Crippen LogP contribution in [0.5, 0.6) is 0 Å². The van der Waals surface area contributed by atoms with E-state index in [0.29, 0.717) is 18.7 Å². The standard InChI is InChI=1S/C29H31FN4O/c30-25-13-5-4-12-24(25)21-34-27-15-7-6-14-26(27)32-29(34)33-19-16-23(17-20-33)28(35)31-18-8-11-22-9-2-1-3-10-22/h1-7,9-10,12-15,23H,8,11,16-21H2,(H,31,35). The number of fused-ring (bicyclic) bond motifs is 1. The zero-order chi connectivity index (χ0) is 24.0. The van der Waals surface area contributed by atoms with Gasteiger partial charge in [0.2, 0.25) is 11.9 Å². The Kier molecular flexibility index (Phi) is 7.07. The second kappa shape index (κ2) is 10.7. The van der Waals surface area contributed by atoms with Crippen molar-refractivity contribution in [2.45, 2.75) is 32.2 Å². The lowest BCUT2D eigenvalue weighted by atomic mass is 9.96. The molecule has 0 unspecified atom stereocenters. The van der Waals surface area contributed by atoms with Crippen molar-refractivity contribution in [2.24, 2.45) is 5.92 Å². The summed E-state index contributed by atoms with van der Waals surface area (Å²) in [5.41, 5.74) is 3.83. The Morgan fingerprint density at radius 3 is 2.46 bits per heavy atom. The highest BCUT2D eigenvalue weighted by molar-refractivity contribution is 5.80. The van der Waals surface area contributed by atoms with Gasteiger partial charge >= 0.3 is 0 Å². The number of amides is 1. The van der Waals surface area contributed by atoms with Crippen molar-refractivity contribution >= 4 is 22.9 Å². The van der Waals surface area contributed by atoms with Crippen LogP contribution >= 0.6 is 0 Å². The van der Waals surface area contributed by atoms with Gasteiger partial charge in [0.25, 0.3) is 0 Å². The number of hydrogen-bond acceptors (Lipinski definition) is 3. The molecule has 2 heterocycles. The third-order valence-corrected chi connectivity index (χ3v) is 6.85. The lowest BCUT2D eigenvalue weighted by Gasteiger charge is -2.32. The Hall–Kier alpha value is -3.67. The number of halogens is 1. The smallest absolute Gasteiger partial charge is 0.223 e. The number of carbonyl (C=O) groups is 1. The van der Waals surface area contributed by atoms with Crippen molar-refractivity contribution in [2.75, 3.05) is 24.5 Å². The van der Waals surface area contributed by atoms with Gasteiger partial charge in [-0.3, -0.25) is 4.79 Å². The van der Waals surface area contributed by atoms with E-state index in [-0.39, 0.29) is 17.6 Å². The third kappa shape index (κ3) is 5.37. The first kappa shape index (κ1) is 23.1. The number of piperidine rings is 1. The fraction of sp³-hybridized carbons (Fsp3) is 0.310. The molecule has 5 nitrogen and oxygen atoms in total.